The van der Waals surface area contributed by atoms with Gasteiger partial charge >= 0.3 is 0 Å². The molecule has 0 spiro atoms. The molecule has 0 saturated heterocycles. The van der Waals surface area contributed by atoms with Crippen LogP contribution in [-0.4, -0.2) is 0 Å². The summed E-state index contributed by atoms with van der Waals surface area (Å²) in [5.41, 5.74) is 4.52. The highest BCUT2D eigenvalue weighted by Gasteiger charge is 2.41. The van der Waals surface area contributed by atoms with Crippen molar-refractivity contribution in [1.29, 1.82) is 0 Å². The van der Waals surface area contributed by atoms with Crippen molar-refractivity contribution in [3.63, 3.8) is 0 Å². The lowest BCUT2D eigenvalue weighted by molar-refractivity contribution is 0.424. The van der Waals surface area contributed by atoms with Gasteiger partial charge in [-0.2, -0.15) is 0 Å². The van der Waals surface area contributed by atoms with Crippen LogP contribution in [0.4, 0.5) is 0 Å². The molecule has 12 aromatic carbocycles. The van der Waals surface area contributed by atoms with Crippen molar-refractivity contribution in [3.8, 4) is 23.0 Å². The first-order chi connectivity index (χ1) is 41.3. The van der Waals surface area contributed by atoms with Gasteiger partial charge < -0.3 is 9.47 Å². The molecule has 0 bridgehead atoms. The van der Waals surface area contributed by atoms with Gasteiger partial charge in [0.05, 0.1) is 0 Å². The van der Waals surface area contributed by atoms with Crippen molar-refractivity contribution in [2.45, 2.75) is 38.5 Å². The van der Waals surface area contributed by atoms with E-state index in [2.05, 4.69) is 343 Å². The fourth-order valence-electron chi connectivity index (χ4n) is 12.0. The third-order valence-electron chi connectivity index (χ3n) is 16.2. The molecule has 2 aliphatic rings. The van der Waals surface area contributed by atoms with E-state index >= 15 is 0 Å². The van der Waals surface area contributed by atoms with E-state index in [1.807, 2.05) is 0 Å². The number of fused-ring (bicyclic) bond motifs is 4. The molecule has 0 aromatic heterocycles. The molecule has 6 heteroatoms. The maximum Gasteiger partial charge on any atom is 0.139 e. The summed E-state index contributed by atoms with van der Waals surface area (Å²) in [6.07, 6.45) is 0. The van der Waals surface area contributed by atoms with E-state index in [0.717, 1.165) is 23.0 Å². The second-order valence-corrected chi connectivity index (χ2v) is 30.8. The average Bonchev–Trinajstić information content (AvgIpc) is 1.36. The van der Waals surface area contributed by atoms with E-state index in [1.54, 1.807) is 0 Å². The Balaban J connectivity index is 0.000000157. The zero-order valence-corrected chi connectivity index (χ0v) is 51.2. The lowest BCUT2D eigenvalue weighted by Gasteiger charge is -2.38. The molecule has 14 rings (SSSR count). The number of benzene rings is 12. The summed E-state index contributed by atoms with van der Waals surface area (Å²) in [5, 5.41) is 15.6. The van der Waals surface area contributed by atoms with Crippen LogP contribution in [0.25, 0.3) is 0 Å². The highest BCUT2D eigenvalue weighted by atomic mass is 31.1. The minimum absolute atomic E-state index is 0.225. The Morgan fingerprint density at radius 1 is 0.190 bits per heavy atom. The highest BCUT2D eigenvalue weighted by molar-refractivity contribution is 7.81. The summed E-state index contributed by atoms with van der Waals surface area (Å²) in [5.74, 6) is 4.05. The first-order valence-corrected chi connectivity index (χ1v) is 34.1. The van der Waals surface area contributed by atoms with Gasteiger partial charge in [0.25, 0.3) is 0 Å². The molecule has 0 N–H and O–H groups in total. The van der Waals surface area contributed by atoms with Crippen LogP contribution in [0, 0.1) is 0 Å². The Morgan fingerprint density at radius 3 is 0.500 bits per heavy atom. The molecule has 0 unspecified atom stereocenters. The van der Waals surface area contributed by atoms with Gasteiger partial charge in [0.1, 0.15) is 23.0 Å². The van der Waals surface area contributed by atoms with Crippen molar-refractivity contribution >= 4 is 95.3 Å². The van der Waals surface area contributed by atoms with Gasteiger partial charge in [0, 0.05) is 54.3 Å². The molecule has 0 atom stereocenters. The van der Waals surface area contributed by atoms with E-state index in [1.165, 1.54) is 85.9 Å². The van der Waals surface area contributed by atoms with Crippen molar-refractivity contribution in [2.24, 2.45) is 0 Å². The molecular weight excluding hydrogens is 1090 g/mol. The van der Waals surface area contributed by atoms with E-state index in [4.69, 9.17) is 9.47 Å². The zero-order valence-electron chi connectivity index (χ0n) is 47.6. The maximum atomic E-state index is 7.26. The largest absolute Gasteiger partial charge is 0.455 e. The Bertz CT molecular complexity index is 3480. The topological polar surface area (TPSA) is 18.5 Å². The minimum atomic E-state index is -0.824. The Labute approximate surface area is 500 Å². The summed E-state index contributed by atoms with van der Waals surface area (Å²) in [7, 11) is -3.29. The van der Waals surface area contributed by atoms with Gasteiger partial charge in [-0.25, -0.2) is 0 Å². The van der Waals surface area contributed by atoms with Crippen LogP contribution in [0.15, 0.2) is 315 Å². The van der Waals surface area contributed by atoms with Crippen molar-refractivity contribution in [1.82, 2.24) is 0 Å². The van der Waals surface area contributed by atoms with Crippen molar-refractivity contribution < 1.29 is 9.47 Å². The Hall–Kier alpha value is -8.04. The molecule has 2 aliphatic heterocycles. The standard InChI is InChI=1S/2C39H32OP2/c2*1-39(2)33-25-15-27-35(41(29-17-7-3-8-18-29)30-19-9-4-10-20-30)37(33)40-38-34(39)26-16-28-36(38)42(31-21-11-5-12-22-31)32-23-13-6-14-24-32/h2*3-28H,1-2H3. The molecule has 2 nitrogen and oxygen atoms in total. The van der Waals surface area contributed by atoms with Gasteiger partial charge in [-0.1, -0.05) is 343 Å². The van der Waals surface area contributed by atoms with Gasteiger partial charge in [-0.15, -0.1) is 0 Å². The summed E-state index contributed by atoms with van der Waals surface area (Å²) in [4.78, 5) is 0. The molecule has 0 radical (unpaired) electrons. The van der Waals surface area contributed by atoms with Crippen LogP contribution in [-0.2, 0) is 10.8 Å². The van der Waals surface area contributed by atoms with E-state index in [-0.39, 0.29) is 10.8 Å². The first kappa shape index (κ1) is 55.2. The summed E-state index contributed by atoms with van der Waals surface area (Å²) in [6.45, 7) is 9.39. The van der Waals surface area contributed by atoms with Gasteiger partial charge in [-0.3, -0.25) is 0 Å². The average molecular weight is 1160 g/mol. The van der Waals surface area contributed by atoms with Gasteiger partial charge in [0.2, 0.25) is 0 Å². The summed E-state index contributed by atoms with van der Waals surface area (Å²) < 4.78 is 14.5. The van der Waals surface area contributed by atoms with Crippen LogP contribution in [0.2, 0.25) is 0 Å². The predicted molar refractivity (Wildman–Crippen MR) is 365 cm³/mol. The van der Waals surface area contributed by atoms with Crippen LogP contribution in [0.5, 0.6) is 23.0 Å². The lowest BCUT2D eigenvalue weighted by Crippen LogP contribution is -2.32. The molecule has 408 valence electrons. The fourth-order valence-corrected chi connectivity index (χ4v) is 21.6. The Morgan fingerprint density at radius 2 is 0.345 bits per heavy atom. The minimum Gasteiger partial charge on any atom is -0.455 e. The predicted octanol–water partition coefficient (Wildman–Crippen LogP) is 15.3. The summed E-state index contributed by atoms with van der Waals surface area (Å²) in [6, 6.07) is 114. The van der Waals surface area contributed by atoms with E-state index in [0.29, 0.717) is 0 Å². The molecular formula is C78H64O2P4. The van der Waals surface area contributed by atoms with E-state index in [9.17, 15) is 0 Å². The van der Waals surface area contributed by atoms with Crippen LogP contribution in [0.3, 0.4) is 0 Å². The molecule has 0 aliphatic carbocycles. The quantitative estimate of drug-likeness (QED) is 0.114. The second kappa shape index (κ2) is 24.3. The highest BCUT2D eigenvalue weighted by Crippen LogP contribution is 2.54. The second-order valence-electron chi connectivity index (χ2n) is 22.1. The van der Waals surface area contributed by atoms with Gasteiger partial charge in [-0.05, 0) is 74.1 Å². The zero-order chi connectivity index (χ0) is 57.0. The van der Waals surface area contributed by atoms with Gasteiger partial charge in [0.15, 0.2) is 0 Å². The smallest absolute Gasteiger partial charge is 0.139 e. The van der Waals surface area contributed by atoms with Crippen LogP contribution >= 0.6 is 31.7 Å². The fraction of sp³-hybridized carbons (Fsp3) is 0.0769. The number of rotatable bonds is 12. The molecule has 0 amide bonds. The maximum absolute atomic E-state index is 7.26. The third kappa shape index (κ3) is 10.7. The van der Waals surface area contributed by atoms with Crippen LogP contribution < -0.4 is 73.1 Å². The molecule has 12 aromatic rings. The molecule has 84 heavy (non-hydrogen) atoms. The van der Waals surface area contributed by atoms with Crippen molar-refractivity contribution in [3.05, 3.63) is 338 Å². The third-order valence-corrected chi connectivity index (χ3v) is 26.0. The molecule has 2 heterocycles. The van der Waals surface area contributed by atoms with Crippen molar-refractivity contribution in [2.75, 3.05) is 0 Å². The van der Waals surface area contributed by atoms with E-state index < -0.39 is 31.7 Å². The number of para-hydroxylation sites is 4. The monoisotopic (exact) mass is 1160 g/mol. The normalized spacial score (nSPS) is 13.3. The Kier molecular flexibility index (Phi) is 15.9. The number of ether oxygens (including phenoxy) is 2. The number of hydrogen-bond donors (Lipinski definition) is 0. The van der Waals surface area contributed by atoms with Crippen LogP contribution in [0.1, 0.15) is 49.9 Å². The lowest BCUT2D eigenvalue weighted by atomic mass is 9.76. The molecule has 0 fully saturated rings. The summed E-state index contributed by atoms with van der Waals surface area (Å²) >= 11 is 0. The SMILES string of the molecule is CC1(C)c2cccc(P(c3ccccc3)c3ccccc3)c2Oc2c(P(c3ccccc3)c3ccccc3)cccc21.CC1(C)c2cccc(P(c3ccccc3)c3ccccc3)c2Oc2c(P(c3ccccc3)c3ccccc3)cccc21. The molecule has 0 saturated carbocycles. The first-order valence-electron chi connectivity index (χ1n) is 28.8. The number of hydrogen-bond acceptors (Lipinski definition) is 2.